The third-order valence-electron chi connectivity index (χ3n) is 6.08. The van der Waals surface area contributed by atoms with Crippen LogP contribution in [0.5, 0.6) is 0 Å². The number of nitrogens with zero attached hydrogens (tertiary/aromatic N) is 5. The minimum Gasteiger partial charge on any atom is -0.448 e. The second-order valence-corrected chi connectivity index (χ2v) is 9.98. The Kier molecular flexibility index (Phi) is 9.16. The van der Waals surface area contributed by atoms with Crippen molar-refractivity contribution in [3.63, 3.8) is 0 Å². The Morgan fingerprint density at radius 1 is 1.18 bits per heavy atom. The lowest BCUT2D eigenvalue weighted by atomic mass is 10.0. The van der Waals surface area contributed by atoms with Gasteiger partial charge >= 0.3 is 24.1 Å². The smallest absolute Gasteiger partial charge is 0.448 e. The Morgan fingerprint density at radius 3 is 2.52 bits per heavy atom. The molecule has 2 aromatic rings. The molecule has 238 valence electrons. The molecule has 0 unspecified atom stereocenters. The number of hydrogen-bond acceptors (Lipinski definition) is 10. The number of nitrogens with two attached hydrogens (primary N) is 1. The van der Waals surface area contributed by atoms with Crippen molar-refractivity contribution >= 4 is 40.4 Å². The molecule has 4 rings (SSSR count). The van der Waals surface area contributed by atoms with Gasteiger partial charge in [-0.15, -0.1) is 5.53 Å². The first-order valence-corrected chi connectivity index (χ1v) is 13.0. The van der Waals surface area contributed by atoms with Crippen molar-refractivity contribution in [3.8, 4) is 0 Å². The van der Waals surface area contributed by atoms with Crippen LogP contribution < -0.4 is 16.4 Å². The summed E-state index contributed by atoms with van der Waals surface area (Å²) in [6.07, 6.45) is -6.84. The Morgan fingerprint density at radius 2 is 1.91 bits per heavy atom. The number of hydrogen-bond donors (Lipinski definition) is 3. The van der Waals surface area contributed by atoms with Crippen molar-refractivity contribution in [1.29, 1.82) is 0 Å². The van der Waals surface area contributed by atoms with Gasteiger partial charge in [-0.1, -0.05) is 0 Å². The second kappa shape index (κ2) is 12.4. The number of ether oxygens (including phenoxy) is 1. The number of rotatable bonds is 10. The minimum absolute atomic E-state index is 0.0328. The van der Waals surface area contributed by atoms with Gasteiger partial charge in [-0.25, -0.2) is 19.2 Å². The lowest BCUT2D eigenvalue weighted by Gasteiger charge is -2.28. The number of nitrogens with one attached hydrogen (secondary N) is 2. The molecule has 0 bridgehead atoms. The zero-order valence-electron chi connectivity index (χ0n) is 21.7. The topological polar surface area (TPSA) is 159 Å². The largest absolute Gasteiger partial charge is 0.460 e. The maximum absolute atomic E-state index is 14.6. The molecule has 0 saturated carbocycles. The first-order valence-electron chi connectivity index (χ1n) is 12.1. The van der Waals surface area contributed by atoms with E-state index >= 15 is 0 Å². The van der Waals surface area contributed by atoms with Crippen LogP contribution in [0.3, 0.4) is 0 Å². The average molecular weight is 659 g/mol. The van der Waals surface area contributed by atoms with Gasteiger partial charge in [0.05, 0.1) is 17.0 Å². The summed E-state index contributed by atoms with van der Waals surface area (Å²) >= 11 is 0.834. The number of pyridine rings is 1. The van der Waals surface area contributed by atoms with Gasteiger partial charge in [-0.05, 0) is 41.0 Å². The van der Waals surface area contributed by atoms with Crippen molar-refractivity contribution in [2.75, 3.05) is 31.6 Å². The number of halogens is 8. The Bertz CT molecular complexity index is 1490. The Balaban J connectivity index is 1.52. The summed E-state index contributed by atoms with van der Waals surface area (Å²) in [7, 11) is 0. The molecule has 0 atom stereocenters. The van der Waals surface area contributed by atoms with Crippen molar-refractivity contribution < 1.29 is 59.9 Å². The van der Waals surface area contributed by atoms with Gasteiger partial charge in [0.1, 0.15) is 6.61 Å². The molecule has 2 aliphatic heterocycles. The van der Waals surface area contributed by atoms with E-state index in [0.29, 0.717) is 26.1 Å². The van der Waals surface area contributed by atoms with Crippen molar-refractivity contribution in [1.82, 2.24) is 20.4 Å². The van der Waals surface area contributed by atoms with E-state index in [-0.39, 0.29) is 28.9 Å². The number of benzene rings is 1. The lowest BCUT2D eigenvalue weighted by molar-refractivity contribution is -0.725. The number of nitro benzene ring substituents is 1. The zero-order valence-corrected chi connectivity index (χ0v) is 22.5. The third-order valence-corrected chi connectivity index (χ3v) is 7.16. The highest BCUT2D eigenvalue weighted by Crippen LogP contribution is 2.51. The van der Waals surface area contributed by atoms with Crippen LogP contribution in [0.15, 0.2) is 40.5 Å². The first kappa shape index (κ1) is 32.6. The highest BCUT2D eigenvalue weighted by molar-refractivity contribution is 8.13. The summed E-state index contributed by atoms with van der Waals surface area (Å²) in [5.41, 5.74) is 0.980. The molecule has 44 heavy (non-hydrogen) atoms. The molecular formula is C22H19F8N8O5S+. The summed E-state index contributed by atoms with van der Waals surface area (Å²) in [5.74, 6) is -16.8. The number of anilines is 1. The van der Waals surface area contributed by atoms with Crippen LogP contribution in [0, 0.1) is 15.9 Å². The number of quaternary nitrogens is 1. The number of non-ortho nitro benzene ring substituents is 1. The molecule has 1 aromatic heterocycles. The molecule has 13 nitrogen and oxygen atoms in total. The first-order chi connectivity index (χ1) is 20.5. The quantitative estimate of drug-likeness (QED) is 0.151. The highest BCUT2D eigenvalue weighted by atomic mass is 32.2. The molecule has 1 saturated heterocycles. The number of carbonyl (C=O) groups is 2. The van der Waals surface area contributed by atoms with Gasteiger partial charge in [-0.3, -0.25) is 14.9 Å². The van der Waals surface area contributed by atoms with Crippen LogP contribution in [0.1, 0.15) is 22.3 Å². The summed E-state index contributed by atoms with van der Waals surface area (Å²) in [5, 5.41) is 19.1. The van der Waals surface area contributed by atoms with E-state index in [1.807, 2.05) is 5.32 Å². The number of thioether (sulfide) groups is 1. The summed E-state index contributed by atoms with van der Waals surface area (Å²) < 4.78 is 112. The number of aromatic nitrogens is 1. The van der Waals surface area contributed by atoms with E-state index < -0.39 is 63.4 Å². The number of hydrazine groups is 1. The predicted molar refractivity (Wildman–Crippen MR) is 133 cm³/mol. The normalized spacial score (nSPS) is 15.8. The predicted octanol–water partition coefficient (Wildman–Crippen LogP) is 3.17. The van der Waals surface area contributed by atoms with Gasteiger partial charge in [0.15, 0.2) is 11.6 Å². The van der Waals surface area contributed by atoms with E-state index in [0.717, 1.165) is 23.9 Å². The molecule has 0 aliphatic carbocycles. The van der Waals surface area contributed by atoms with E-state index in [4.69, 9.17) is 4.74 Å². The van der Waals surface area contributed by atoms with Gasteiger partial charge in [-0.2, -0.15) is 30.7 Å². The maximum Gasteiger partial charge on any atom is 0.460 e. The Labute approximate surface area is 244 Å². The standard InChI is InChI=1S/C22H18F8N8O5S/c23-14-8-11(20(24,25)21(26,27)22(28,29)30)10-31-16(14)32-17(39)13-9-12(38(41)42)2-3-15(13)44-18-33-34-35-37(18)5-1-4-36-6-7-43-19(36)40/h2-3,8-10,34-35H,1,4-7H2,(H,31,32,39)/p+1. The summed E-state index contributed by atoms with van der Waals surface area (Å²) in [4.78, 5) is 39.7. The van der Waals surface area contributed by atoms with E-state index in [9.17, 15) is 54.8 Å². The summed E-state index contributed by atoms with van der Waals surface area (Å²) in [6.45, 7) is 1.36. The zero-order chi connectivity index (χ0) is 32.4. The molecule has 22 heteroatoms. The molecule has 0 spiro atoms. The number of amidine groups is 1. The molecule has 2 amide bonds. The SMILES string of the molecule is O=C(Nc1ncc(C(F)(F)C(F)(F)C(F)(F)F)cc1F)c1cc([N+](=O)[O-])ccc1SC1=N[NH2+]NN1CCCN1CCOC1=O. The minimum atomic E-state index is -6.68. The third kappa shape index (κ3) is 6.60. The number of carbonyl (C=O) groups excluding carboxylic acids is 2. The van der Waals surface area contributed by atoms with Crippen molar-refractivity contribution in [2.24, 2.45) is 5.10 Å². The number of amides is 2. The molecular weight excluding hydrogens is 640 g/mol. The molecule has 2 aliphatic rings. The lowest BCUT2D eigenvalue weighted by Crippen LogP contribution is -2.87. The van der Waals surface area contributed by atoms with Gasteiger partial charge < -0.3 is 15.0 Å². The van der Waals surface area contributed by atoms with Crippen LogP contribution in [-0.2, 0) is 10.7 Å². The number of alkyl halides is 7. The van der Waals surface area contributed by atoms with Crippen LogP contribution in [-0.4, -0.2) is 75.3 Å². The van der Waals surface area contributed by atoms with Crippen LogP contribution in [0.2, 0.25) is 0 Å². The molecule has 4 N–H and O–H groups in total. The Hall–Kier alpha value is -4.31. The van der Waals surface area contributed by atoms with Crippen molar-refractivity contribution in [2.45, 2.75) is 29.3 Å². The summed E-state index contributed by atoms with van der Waals surface area (Å²) in [6, 6.07) is 2.67. The maximum atomic E-state index is 14.6. The fourth-order valence-corrected chi connectivity index (χ4v) is 4.75. The van der Waals surface area contributed by atoms with E-state index in [2.05, 4.69) is 15.6 Å². The highest BCUT2D eigenvalue weighted by Gasteiger charge is 2.73. The van der Waals surface area contributed by atoms with E-state index in [1.165, 1.54) is 21.5 Å². The van der Waals surface area contributed by atoms with Gasteiger partial charge in [0.2, 0.25) is 5.17 Å². The molecule has 1 aromatic carbocycles. The average Bonchev–Trinajstić information content (AvgIpc) is 3.57. The molecule has 0 radical (unpaired) electrons. The van der Waals surface area contributed by atoms with Gasteiger partial charge in [0, 0.05) is 41.9 Å². The monoisotopic (exact) mass is 659 g/mol. The fraction of sp³-hybridized carbons (Fsp3) is 0.364. The van der Waals surface area contributed by atoms with E-state index in [1.54, 1.807) is 0 Å². The number of cyclic esters (lactones) is 1. The van der Waals surface area contributed by atoms with Crippen molar-refractivity contribution in [3.05, 3.63) is 57.5 Å². The molecule has 3 heterocycles. The number of nitro groups is 1. The second-order valence-electron chi connectivity index (χ2n) is 8.97. The fourth-order valence-electron chi connectivity index (χ4n) is 3.80. The van der Waals surface area contributed by atoms with Gasteiger partial charge in [0.25, 0.3) is 11.6 Å². The van der Waals surface area contributed by atoms with Crippen LogP contribution >= 0.6 is 11.8 Å². The van der Waals surface area contributed by atoms with Crippen LogP contribution in [0.4, 0.5) is 51.4 Å². The molecule has 1 fully saturated rings. The van der Waals surface area contributed by atoms with Crippen LogP contribution in [0.25, 0.3) is 0 Å².